The normalized spacial score (nSPS) is 10.2. The van der Waals surface area contributed by atoms with E-state index in [0.29, 0.717) is 11.3 Å². The minimum atomic E-state index is -0.481. The standard InChI is InChI=1S/C15H15FN2O2/c1-9-4-3-5-12(16)14(9)18-15(19)11-7-6-10(20-2)8-13(11)17/h3-8H,17H2,1-2H3,(H,18,19). The Bertz CT molecular complexity index is 636. The van der Waals surface area contributed by atoms with E-state index in [1.807, 2.05) is 0 Å². The first-order chi connectivity index (χ1) is 9.52. The zero-order valence-electron chi connectivity index (χ0n) is 11.2. The first-order valence-electron chi connectivity index (χ1n) is 6.03. The van der Waals surface area contributed by atoms with Crippen molar-refractivity contribution < 1.29 is 13.9 Å². The van der Waals surface area contributed by atoms with Crippen LogP contribution in [0.3, 0.4) is 0 Å². The van der Waals surface area contributed by atoms with Gasteiger partial charge in [0.25, 0.3) is 5.91 Å². The van der Waals surface area contributed by atoms with E-state index in [-0.39, 0.29) is 16.9 Å². The van der Waals surface area contributed by atoms with Gasteiger partial charge in [0.2, 0.25) is 0 Å². The van der Waals surface area contributed by atoms with E-state index in [9.17, 15) is 9.18 Å². The largest absolute Gasteiger partial charge is 0.497 e. The van der Waals surface area contributed by atoms with Gasteiger partial charge in [0, 0.05) is 11.8 Å². The summed E-state index contributed by atoms with van der Waals surface area (Å²) >= 11 is 0. The van der Waals surface area contributed by atoms with Crippen molar-refractivity contribution in [3.63, 3.8) is 0 Å². The van der Waals surface area contributed by atoms with Crippen molar-refractivity contribution in [3.8, 4) is 5.75 Å². The Labute approximate surface area is 116 Å². The summed E-state index contributed by atoms with van der Waals surface area (Å²) in [7, 11) is 1.51. The minimum Gasteiger partial charge on any atom is -0.497 e. The smallest absolute Gasteiger partial charge is 0.257 e. The first kappa shape index (κ1) is 13.9. The number of nitrogens with one attached hydrogen (secondary N) is 1. The molecule has 0 saturated carbocycles. The van der Waals surface area contributed by atoms with Crippen molar-refractivity contribution in [2.75, 3.05) is 18.2 Å². The number of carbonyl (C=O) groups is 1. The zero-order valence-corrected chi connectivity index (χ0v) is 11.2. The summed E-state index contributed by atoms with van der Waals surface area (Å²) < 4.78 is 18.7. The lowest BCUT2D eigenvalue weighted by molar-refractivity contribution is 0.102. The predicted octanol–water partition coefficient (Wildman–Crippen LogP) is 2.98. The van der Waals surface area contributed by atoms with Crippen molar-refractivity contribution in [1.82, 2.24) is 0 Å². The lowest BCUT2D eigenvalue weighted by Gasteiger charge is -2.11. The van der Waals surface area contributed by atoms with Gasteiger partial charge in [-0.2, -0.15) is 0 Å². The van der Waals surface area contributed by atoms with Crippen LogP contribution in [0, 0.1) is 12.7 Å². The highest BCUT2D eigenvalue weighted by Gasteiger charge is 2.14. The average molecular weight is 274 g/mol. The number of hydrogen-bond acceptors (Lipinski definition) is 3. The Morgan fingerprint density at radius 2 is 2.05 bits per heavy atom. The van der Waals surface area contributed by atoms with Crippen LogP contribution in [0.25, 0.3) is 0 Å². The molecule has 0 fully saturated rings. The van der Waals surface area contributed by atoms with Crippen LogP contribution in [0.4, 0.5) is 15.8 Å². The van der Waals surface area contributed by atoms with Crippen LogP contribution in [0.2, 0.25) is 0 Å². The number of hydrogen-bond donors (Lipinski definition) is 2. The molecule has 2 rings (SSSR count). The summed E-state index contributed by atoms with van der Waals surface area (Å²) in [5.41, 5.74) is 7.14. The van der Waals surface area contributed by atoms with Crippen molar-refractivity contribution in [2.24, 2.45) is 0 Å². The number of aryl methyl sites for hydroxylation is 1. The van der Waals surface area contributed by atoms with Gasteiger partial charge in [-0.1, -0.05) is 12.1 Å². The van der Waals surface area contributed by atoms with E-state index in [0.717, 1.165) is 0 Å². The van der Waals surface area contributed by atoms with Gasteiger partial charge in [0.15, 0.2) is 0 Å². The fourth-order valence-corrected chi connectivity index (χ4v) is 1.85. The highest BCUT2D eigenvalue weighted by molar-refractivity contribution is 6.08. The molecule has 2 aromatic rings. The molecule has 0 spiro atoms. The molecule has 5 heteroatoms. The van der Waals surface area contributed by atoms with E-state index in [2.05, 4.69) is 5.32 Å². The lowest BCUT2D eigenvalue weighted by atomic mass is 10.1. The van der Waals surface area contributed by atoms with Crippen molar-refractivity contribution in [1.29, 1.82) is 0 Å². The summed E-state index contributed by atoms with van der Waals surface area (Å²) in [6.07, 6.45) is 0. The molecule has 0 aromatic heterocycles. The van der Waals surface area contributed by atoms with Gasteiger partial charge in [-0.25, -0.2) is 4.39 Å². The molecule has 1 amide bonds. The lowest BCUT2D eigenvalue weighted by Crippen LogP contribution is -2.15. The van der Waals surface area contributed by atoms with Crippen LogP contribution < -0.4 is 15.8 Å². The number of ether oxygens (including phenoxy) is 1. The molecule has 3 N–H and O–H groups in total. The molecule has 0 radical (unpaired) electrons. The van der Waals surface area contributed by atoms with E-state index < -0.39 is 11.7 Å². The second-order valence-electron chi connectivity index (χ2n) is 4.34. The van der Waals surface area contributed by atoms with Gasteiger partial charge in [0.05, 0.1) is 18.4 Å². The number of carbonyl (C=O) groups excluding carboxylic acids is 1. The summed E-state index contributed by atoms with van der Waals surface area (Å²) in [6.45, 7) is 1.72. The van der Waals surface area contributed by atoms with E-state index >= 15 is 0 Å². The average Bonchev–Trinajstić information content (AvgIpc) is 2.42. The fourth-order valence-electron chi connectivity index (χ4n) is 1.85. The Kier molecular flexibility index (Phi) is 3.89. The highest BCUT2D eigenvalue weighted by Crippen LogP contribution is 2.23. The van der Waals surface area contributed by atoms with Gasteiger partial charge in [-0.3, -0.25) is 4.79 Å². The maximum Gasteiger partial charge on any atom is 0.257 e. The summed E-state index contributed by atoms with van der Waals surface area (Å²) in [6, 6.07) is 9.31. The van der Waals surface area contributed by atoms with E-state index in [1.54, 1.807) is 37.3 Å². The minimum absolute atomic E-state index is 0.160. The maximum atomic E-state index is 13.7. The number of halogens is 1. The van der Waals surface area contributed by atoms with Crippen molar-refractivity contribution in [2.45, 2.75) is 6.92 Å². The fraction of sp³-hybridized carbons (Fsp3) is 0.133. The second kappa shape index (κ2) is 5.61. The third-order valence-corrected chi connectivity index (χ3v) is 2.96. The van der Waals surface area contributed by atoms with Gasteiger partial charge < -0.3 is 15.8 Å². The molecule has 0 saturated heterocycles. The first-order valence-corrected chi connectivity index (χ1v) is 6.03. The molecule has 0 aliphatic rings. The zero-order chi connectivity index (χ0) is 14.7. The molecule has 0 aliphatic heterocycles. The molecule has 0 bridgehead atoms. The van der Waals surface area contributed by atoms with Crippen LogP contribution in [-0.4, -0.2) is 13.0 Å². The van der Waals surface area contributed by atoms with Crippen LogP contribution in [-0.2, 0) is 0 Å². The summed E-state index contributed by atoms with van der Waals surface area (Å²) in [5.74, 6) is -0.384. The number of benzene rings is 2. The summed E-state index contributed by atoms with van der Waals surface area (Å²) in [5, 5.41) is 2.54. The molecule has 104 valence electrons. The van der Waals surface area contributed by atoms with Crippen LogP contribution >= 0.6 is 0 Å². The van der Waals surface area contributed by atoms with Gasteiger partial charge in [-0.15, -0.1) is 0 Å². The number of anilines is 2. The van der Waals surface area contributed by atoms with Gasteiger partial charge in [-0.05, 0) is 30.7 Å². The third-order valence-electron chi connectivity index (χ3n) is 2.96. The van der Waals surface area contributed by atoms with E-state index in [4.69, 9.17) is 10.5 Å². The molecule has 4 nitrogen and oxygen atoms in total. The third kappa shape index (κ3) is 2.71. The maximum absolute atomic E-state index is 13.7. The quantitative estimate of drug-likeness (QED) is 0.846. The number of methoxy groups -OCH3 is 1. The van der Waals surface area contributed by atoms with Crippen molar-refractivity contribution >= 4 is 17.3 Å². The number of para-hydroxylation sites is 1. The topological polar surface area (TPSA) is 64.3 Å². The Balaban J connectivity index is 2.29. The second-order valence-corrected chi connectivity index (χ2v) is 4.34. The predicted molar refractivity (Wildman–Crippen MR) is 76.5 cm³/mol. The molecular weight excluding hydrogens is 259 g/mol. The van der Waals surface area contributed by atoms with Crippen LogP contribution in [0.5, 0.6) is 5.75 Å². The molecule has 0 atom stereocenters. The van der Waals surface area contributed by atoms with Crippen molar-refractivity contribution in [3.05, 3.63) is 53.3 Å². The van der Waals surface area contributed by atoms with Crippen LogP contribution in [0.1, 0.15) is 15.9 Å². The van der Waals surface area contributed by atoms with Gasteiger partial charge >= 0.3 is 0 Å². The highest BCUT2D eigenvalue weighted by atomic mass is 19.1. The number of nitrogen functional groups attached to an aromatic ring is 1. The molecule has 20 heavy (non-hydrogen) atoms. The number of nitrogens with two attached hydrogens (primary N) is 1. The Hall–Kier alpha value is -2.56. The summed E-state index contributed by atoms with van der Waals surface area (Å²) in [4.78, 5) is 12.1. The molecule has 2 aromatic carbocycles. The number of amides is 1. The van der Waals surface area contributed by atoms with Crippen LogP contribution in [0.15, 0.2) is 36.4 Å². The Morgan fingerprint density at radius 3 is 2.65 bits per heavy atom. The molecular formula is C15H15FN2O2. The van der Waals surface area contributed by atoms with E-state index in [1.165, 1.54) is 13.2 Å². The molecule has 0 unspecified atom stereocenters. The Morgan fingerprint density at radius 1 is 1.30 bits per heavy atom. The SMILES string of the molecule is COc1ccc(C(=O)Nc2c(C)cccc2F)c(N)c1. The van der Waals surface area contributed by atoms with Gasteiger partial charge in [0.1, 0.15) is 11.6 Å². The molecule has 0 aliphatic carbocycles. The molecule has 0 heterocycles. The monoisotopic (exact) mass is 274 g/mol. The number of rotatable bonds is 3.